The molecule has 0 atom stereocenters. The second-order valence-corrected chi connectivity index (χ2v) is 7.36. The van der Waals surface area contributed by atoms with E-state index in [1.165, 1.54) is 11.8 Å². The quantitative estimate of drug-likeness (QED) is 0.630. The summed E-state index contributed by atoms with van der Waals surface area (Å²) in [5.74, 6) is -0.286. The lowest BCUT2D eigenvalue weighted by Crippen LogP contribution is -2.14. The summed E-state index contributed by atoms with van der Waals surface area (Å²) in [7, 11) is 0. The van der Waals surface area contributed by atoms with Crippen molar-refractivity contribution in [3.05, 3.63) is 30.1 Å². The molecule has 0 bridgehead atoms. The van der Waals surface area contributed by atoms with Gasteiger partial charge in [-0.3, -0.25) is 4.40 Å². The summed E-state index contributed by atoms with van der Waals surface area (Å²) >= 11 is 1.42. The van der Waals surface area contributed by atoms with E-state index >= 15 is 0 Å². The number of fused-ring (bicyclic) bond motifs is 3. The lowest BCUT2D eigenvalue weighted by molar-refractivity contribution is -0.145. The molecular weight excluding hydrogens is 337 g/mol. The molecule has 0 saturated carbocycles. The van der Waals surface area contributed by atoms with Crippen molar-refractivity contribution in [1.82, 2.24) is 19.6 Å². The zero-order valence-electron chi connectivity index (χ0n) is 13.6. The van der Waals surface area contributed by atoms with Gasteiger partial charge in [0.1, 0.15) is 5.03 Å². The van der Waals surface area contributed by atoms with E-state index in [1.54, 1.807) is 24.3 Å². The highest BCUT2D eigenvalue weighted by Gasteiger charge is 2.38. The molecule has 8 heteroatoms. The molecule has 2 heterocycles. The summed E-state index contributed by atoms with van der Waals surface area (Å²) in [4.78, 5) is 4.51. The van der Waals surface area contributed by atoms with Crippen LogP contribution in [0.15, 0.2) is 29.3 Å². The van der Waals surface area contributed by atoms with Crippen molar-refractivity contribution in [1.29, 1.82) is 0 Å². The topological polar surface area (TPSA) is 43.1 Å². The molecule has 2 aromatic heterocycles. The van der Waals surface area contributed by atoms with Crippen molar-refractivity contribution >= 4 is 28.4 Å². The Hall–Kier alpha value is -1.83. The highest BCUT2D eigenvalue weighted by Crippen LogP contribution is 2.35. The molecule has 0 N–H and O–H groups in total. The first kappa shape index (κ1) is 17.0. The number of halogens is 3. The highest BCUT2D eigenvalue weighted by molar-refractivity contribution is 7.99. The van der Waals surface area contributed by atoms with Gasteiger partial charge in [0.05, 0.1) is 11.0 Å². The smallest absolute Gasteiger partial charge is 0.267 e. The van der Waals surface area contributed by atoms with Gasteiger partial charge in [0.25, 0.3) is 0 Å². The van der Waals surface area contributed by atoms with Crippen LogP contribution in [0.4, 0.5) is 13.2 Å². The predicted octanol–water partition coefficient (Wildman–Crippen LogP) is 4.82. The molecule has 0 fully saturated rings. The Balaban J connectivity index is 2.21. The number of alkyl halides is 3. The molecule has 128 valence electrons. The van der Waals surface area contributed by atoms with Crippen LogP contribution in [-0.4, -0.2) is 25.3 Å². The number of aromatic nitrogens is 4. The van der Waals surface area contributed by atoms with Crippen LogP contribution >= 0.6 is 11.8 Å². The first-order valence-corrected chi connectivity index (χ1v) is 8.55. The molecule has 1 aromatic carbocycles. The van der Waals surface area contributed by atoms with Crippen LogP contribution < -0.4 is 0 Å². The Morgan fingerprint density at radius 2 is 1.83 bits per heavy atom. The minimum absolute atomic E-state index is 0.0574. The third kappa shape index (κ3) is 3.07. The number of thioether (sulfide) groups is 1. The molecule has 0 aliphatic rings. The molecule has 0 radical (unpaired) electrons. The molecule has 0 amide bonds. The monoisotopic (exact) mass is 354 g/mol. The summed E-state index contributed by atoms with van der Waals surface area (Å²) in [6.07, 6.45) is -3.61. The molecule has 0 saturated heterocycles. The minimum atomic E-state index is -4.58. The zero-order chi connectivity index (χ0) is 17.5. The van der Waals surface area contributed by atoms with Crippen molar-refractivity contribution in [3.8, 4) is 0 Å². The maximum Gasteiger partial charge on any atom is 0.452 e. The molecular formula is C16H17F3N4S. The number of hydrogen-bond acceptors (Lipinski definition) is 4. The van der Waals surface area contributed by atoms with E-state index < -0.39 is 12.0 Å². The Morgan fingerprint density at radius 3 is 2.50 bits per heavy atom. The zero-order valence-corrected chi connectivity index (χ0v) is 14.4. The Labute approximate surface area is 141 Å². The van der Waals surface area contributed by atoms with Gasteiger partial charge in [0.15, 0.2) is 5.65 Å². The van der Waals surface area contributed by atoms with Gasteiger partial charge in [-0.1, -0.05) is 39.3 Å². The van der Waals surface area contributed by atoms with Crippen molar-refractivity contribution in [2.24, 2.45) is 5.41 Å². The standard InChI is InChI=1S/C16H17F3N4S/c1-4-15(2,3)9-24-13-12-21-22-14(16(17,18)19)23(12)11-8-6-5-7-10(11)20-13/h5-8H,4,9H2,1-3H3. The largest absolute Gasteiger partial charge is 0.452 e. The second kappa shape index (κ2) is 5.91. The van der Waals surface area contributed by atoms with Crippen LogP contribution in [0.2, 0.25) is 0 Å². The van der Waals surface area contributed by atoms with Gasteiger partial charge < -0.3 is 0 Å². The minimum Gasteiger partial charge on any atom is -0.267 e. The van der Waals surface area contributed by atoms with Gasteiger partial charge in [-0.15, -0.1) is 22.0 Å². The van der Waals surface area contributed by atoms with Gasteiger partial charge in [-0.25, -0.2) is 4.98 Å². The molecule has 0 aliphatic heterocycles. The summed E-state index contributed by atoms with van der Waals surface area (Å²) in [6, 6.07) is 6.72. The summed E-state index contributed by atoms with van der Waals surface area (Å²) < 4.78 is 40.9. The summed E-state index contributed by atoms with van der Waals surface area (Å²) in [6.45, 7) is 6.31. The van der Waals surface area contributed by atoms with Gasteiger partial charge in [0.2, 0.25) is 5.82 Å². The van der Waals surface area contributed by atoms with Crippen molar-refractivity contribution in [3.63, 3.8) is 0 Å². The van der Waals surface area contributed by atoms with Crippen molar-refractivity contribution < 1.29 is 13.2 Å². The average molecular weight is 354 g/mol. The normalized spacial score (nSPS) is 13.1. The van der Waals surface area contributed by atoms with Gasteiger partial charge in [0, 0.05) is 5.75 Å². The Kier molecular flexibility index (Phi) is 4.19. The number of nitrogens with zero attached hydrogens (tertiary/aromatic N) is 4. The third-order valence-electron chi connectivity index (χ3n) is 4.01. The maximum absolute atomic E-state index is 13.3. The second-order valence-electron chi connectivity index (χ2n) is 6.39. The van der Waals surface area contributed by atoms with E-state index in [-0.39, 0.29) is 11.1 Å². The van der Waals surface area contributed by atoms with Crippen LogP contribution in [0.1, 0.15) is 33.0 Å². The fraction of sp³-hybridized carbons (Fsp3) is 0.438. The number of benzene rings is 1. The Morgan fingerprint density at radius 1 is 1.12 bits per heavy atom. The third-order valence-corrected chi connectivity index (χ3v) is 5.48. The fourth-order valence-electron chi connectivity index (χ4n) is 2.20. The number of para-hydroxylation sites is 2. The van der Waals surface area contributed by atoms with Gasteiger partial charge in [-0.2, -0.15) is 13.2 Å². The molecule has 24 heavy (non-hydrogen) atoms. The maximum atomic E-state index is 13.3. The van der Waals surface area contributed by atoms with Crippen LogP contribution in [0, 0.1) is 5.41 Å². The van der Waals surface area contributed by atoms with Gasteiger partial charge >= 0.3 is 6.18 Å². The first-order chi connectivity index (χ1) is 11.2. The van der Waals surface area contributed by atoms with E-state index in [9.17, 15) is 13.2 Å². The summed E-state index contributed by atoms with van der Waals surface area (Å²) in [5, 5.41) is 7.62. The molecule has 0 spiro atoms. The lowest BCUT2D eigenvalue weighted by atomic mass is 9.93. The van der Waals surface area contributed by atoms with Crippen LogP contribution in [0.3, 0.4) is 0 Å². The molecule has 0 unspecified atom stereocenters. The van der Waals surface area contributed by atoms with Crippen LogP contribution in [-0.2, 0) is 6.18 Å². The predicted molar refractivity (Wildman–Crippen MR) is 88.1 cm³/mol. The van der Waals surface area contributed by atoms with E-state index in [4.69, 9.17) is 0 Å². The van der Waals surface area contributed by atoms with E-state index in [0.29, 0.717) is 16.1 Å². The first-order valence-electron chi connectivity index (χ1n) is 7.57. The highest BCUT2D eigenvalue weighted by atomic mass is 32.2. The fourth-order valence-corrected chi connectivity index (χ4v) is 3.36. The number of rotatable bonds is 4. The van der Waals surface area contributed by atoms with Gasteiger partial charge in [-0.05, 0) is 17.5 Å². The van der Waals surface area contributed by atoms with Crippen LogP contribution in [0.5, 0.6) is 0 Å². The van der Waals surface area contributed by atoms with E-state index in [1.807, 2.05) is 0 Å². The van der Waals surface area contributed by atoms with E-state index in [0.717, 1.165) is 16.6 Å². The Bertz CT molecular complexity index is 886. The molecule has 4 nitrogen and oxygen atoms in total. The van der Waals surface area contributed by atoms with Crippen molar-refractivity contribution in [2.75, 3.05) is 5.75 Å². The molecule has 0 aliphatic carbocycles. The SMILES string of the molecule is CCC(C)(C)CSc1nc2ccccc2n2c(C(F)(F)F)nnc12. The summed E-state index contributed by atoms with van der Waals surface area (Å²) in [5.41, 5.74) is 1.05. The van der Waals surface area contributed by atoms with Crippen LogP contribution in [0.25, 0.3) is 16.7 Å². The average Bonchev–Trinajstić information content (AvgIpc) is 2.98. The van der Waals surface area contributed by atoms with Crippen molar-refractivity contribution in [2.45, 2.75) is 38.4 Å². The molecule has 3 aromatic rings. The molecule has 3 rings (SSSR count). The lowest BCUT2D eigenvalue weighted by Gasteiger charge is -2.21. The number of hydrogen-bond donors (Lipinski definition) is 0. The van der Waals surface area contributed by atoms with E-state index in [2.05, 4.69) is 36.0 Å².